The lowest BCUT2D eigenvalue weighted by Crippen LogP contribution is -1.94. The number of halogens is 2. The number of benzene rings is 2. The zero-order valence-corrected chi connectivity index (χ0v) is 11.2. The molecule has 0 amide bonds. The van der Waals surface area contributed by atoms with E-state index in [1.54, 1.807) is 0 Å². The van der Waals surface area contributed by atoms with Crippen molar-refractivity contribution < 1.29 is 0 Å². The monoisotopic (exact) mass is 268 g/mol. The van der Waals surface area contributed by atoms with Gasteiger partial charge in [-0.1, -0.05) is 59.6 Å². The first kappa shape index (κ1) is 11.9. The predicted molar refractivity (Wildman–Crippen MR) is 74.5 cm³/mol. The van der Waals surface area contributed by atoms with E-state index in [-0.39, 0.29) is 5.66 Å². The summed E-state index contributed by atoms with van der Waals surface area (Å²) in [7, 11) is 2.79. The smallest absolute Gasteiger partial charge is 0.0447 e. The highest BCUT2D eigenvalue weighted by molar-refractivity contribution is 7.17. The Hall–Kier alpha value is -0.550. The molecule has 0 radical (unpaired) electrons. The Kier molecular flexibility index (Phi) is 3.86. The topological polar surface area (TPSA) is 0 Å². The maximum absolute atomic E-state index is 6.16. The first-order chi connectivity index (χ1) is 7.70. The normalized spacial score (nSPS) is 10.8. The summed E-state index contributed by atoms with van der Waals surface area (Å²) in [6.45, 7) is 0. The van der Waals surface area contributed by atoms with E-state index >= 15 is 0 Å². The zero-order chi connectivity index (χ0) is 11.5. The standard InChI is InChI=1S/C13H11Cl2P/c14-11-7-3-1-5-9(11)13(16)10-6-2-4-8-12(10)15/h1-8,13H,16H2. The lowest BCUT2D eigenvalue weighted by molar-refractivity contribution is 1.16. The van der Waals surface area contributed by atoms with Crippen molar-refractivity contribution in [2.75, 3.05) is 0 Å². The molecule has 2 aromatic carbocycles. The van der Waals surface area contributed by atoms with Crippen molar-refractivity contribution in [3.63, 3.8) is 0 Å². The summed E-state index contributed by atoms with van der Waals surface area (Å²) < 4.78 is 0. The fourth-order valence-electron chi connectivity index (χ4n) is 1.62. The van der Waals surface area contributed by atoms with Crippen LogP contribution in [0.25, 0.3) is 0 Å². The summed E-state index contributed by atoms with van der Waals surface area (Å²) in [5, 5.41) is 1.53. The van der Waals surface area contributed by atoms with E-state index in [1.807, 2.05) is 48.5 Å². The maximum atomic E-state index is 6.16. The van der Waals surface area contributed by atoms with Gasteiger partial charge in [0.05, 0.1) is 0 Å². The minimum atomic E-state index is 0.127. The molecule has 0 aromatic heterocycles. The molecule has 2 aromatic rings. The van der Waals surface area contributed by atoms with Crippen LogP contribution in [0.1, 0.15) is 16.8 Å². The Morgan fingerprint density at radius 1 is 0.750 bits per heavy atom. The van der Waals surface area contributed by atoms with Gasteiger partial charge in [0.1, 0.15) is 0 Å². The highest BCUT2D eigenvalue weighted by Gasteiger charge is 2.13. The fourth-order valence-corrected chi connectivity index (χ4v) is 2.92. The SMILES string of the molecule is PC(c1ccccc1Cl)c1ccccc1Cl. The van der Waals surface area contributed by atoms with Gasteiger partial charge in [-0.25, -0.2) is 0 Å². The third-order valence-electron chi connectivity index (χ3n) is 2.48. The highest BCUT2D eigenvalue weighted by Crippen LogP contribution is 2.38. The Balaban J connectivity index is 2.44. The van der Waals surface area contributed by atoms with Gasteiger partial charge in [0.25, 0.3) is 0 Å². The molecule has 3 heteroatoms. The molecular formula is C13H11Cl2P. The van der Waals surface area contributed by atoms with Crippen molar-refractivity contribution >= 4 is 32.4 Å². The first-order valence-electron chi connectivity index (χ1n) is 4.94. The third-order valence-corrected chi connectivity index (χ3v) is 3.89. The van der Waals surface area contributed by atoms with Gasteiger partial charge in [0.2, 0.25) is 0 Å². The van der Waals surface area contributed by atoms with Gasteiger partial charge in [-0.3, -0.25) is 0 Å². The number of hydrogen-bond acceptors (Lipinski definition) is 0. The van der Waals surface area contributed by atoms with Gasteiger partial charge in [0, 0.05) is 15.7 Å². The lowest BCUT2D eigenvalue weighted by Gasteiger charge is -2.15. The van der Waals surface area contributed by atoms with Crippen molar-refractivity contribution in [2.24, 2.45) is 0 Å². The van der Waals surface area contributed by atoms with E-state index in [9.17, 15) is 0 Å². The largest absolute Gasteiger partial charge is 0.125 e. The lowest BCUT2D eigenvalue weighted by atomic mass is 10.0. The molecule has 0 heterocycles. The second-order valence-corrected chi connectivity index (χ2v) is 5.00. The van der Waals surface area contributed by atoms with Crippen molar-refractivity contribution in [1.29, 1.82) is 0 Å². The summed E-state index contributed by atoms with van der Waals surface area (Å²) in [5.74, 6) is 0. The van der Waals surface area contributed by atoms with Crippen LogP contribution >= 0.6 is 32.4 Å². The van der Waals surface area contributed by atoms with E-state index in [0.29, 0.717) is 0 Å². The number of hydrogen-bond donors (Lipinski definition) is 0. The van der Waals surface area contributed by atoms with Crippen LogP contribution in [0.2, 0.25) is 10.0 Å². The molecule has 0 fully saturated rings. The van der Waals surface area contributed by atoms with Crippen LogP contribution in [0.15, 0.2) is 48.5 Å². The van der Waals surface area contributed by atoms with Crippen LogP contribution in [0.5, 0.6) is 0 Å². The van der Waals surface area contributed by atoms with Gasteiger partial charge in [-0.2, -0.15) is 0 Å². The fraction of sp³-hybridized carbons (Fsp3) is 0.0769. The van der Waals surface area contributed by atoms with Crippen LogP contribution in [-0.4, -0.2) is 0 Å². The van der Waals surface area contributed by atoms with Gasteiger partial charge in [-0.15, -0.1) is 9.24 Å². The van der Waals surface area contributed by atoms with Crippen LogP contribution in [0.4, 0.5) is 0 Å². The Morgan fingerprint density at radius 2 is 1.12 bits per heavy atom. The van der Waals surface area contributed by atoms with Crippen LogP contribution in [0.3, 0.4) is 0 Å². The Labute approximate surface area is 108 Å². The molecule has 0 N–H and O–H groups in total. The molecule has 0 aliphatic rings. The summed E-state index contributed by atoms with van der Waals surface area (Å²) in [6, 6.07) is 15.6. The van der Waals surface area contributed by atoms with Crippen LogP contribution in [-0.2, 0) is 0 Å². The minimum absolute atomic E-state index is 0.127. The average Bonchev–Trinajstić information content (AvgIpc) is 2.29. The third kappa shape index (κ3) is 2.40. The second kappa shape index (κ2) is 5.19. The molecule has 0 aliphatic carbocycles. The van der Waals surface area contributed by atoms with E-state index in [4.69, 9.17) is 23.2 Å². The van der Waals surface area contributed by atoms with Crippen molar-refractivity contribution in [3.8, 4) is 0 Å². The van der Waals surface area contributed by atoms with Gasteiger partial charge >= 0.3 is 0 Å². The average molecular weight is 269 g/mol. The summed E-state index contributed by atoms with van der Waals surface area (Å²) in [6.07, 6.45) is 0. The first-order valence-corrected chi connectivity index (χ1v) is 6.37. The Morgan fingerprint density at radius 3 is 1.50 bits per heavy atom. The van der Waals surface area contributed by atoms with Crippen LogP contribution < -0.4 is 0 Å². The molecule has 1 atom stereocenters. The maximum Gasteiger partial charge on any atom is 0.0447 e. The quantitative estimate of drug-likeness (QED) is 0.676. The van der Waals surface area contributed by atoms with Gasteiger partial charge in [0.15, 0.2) is 0 Å². The molecule has 16 heavy (non-hydrogen) atoms. The molecule has 0 spiro atoms. The minimum Gasteiger partial charge on any atom is -0.125 e. The predicted octanol–water partition coefficient (Wildman–Crippen LogP) is 4.96. The summed E-state index contributed by atoms with van der Waals surface area (Å²) in [5.41, 5.74) is 2.27. The molecule has 0 bridgehead atoms. The van der Waals surface area contributed by atoms with Crippen molar-refractivity contribution in [3.05, 3.63) is 69.7 Å². The molecule has 1 unspecified atom stereocenters. The highest BCUT2D eigenvalue weighted by atomic mass is 35.5. The van der Waals surface area contributed by atoms with E-state index in [1.165, 1.54) is 0 Å². The molecular weight excluding hydrogens is 258 g/mol. The van der Waals surface area contributed by atoms with Gasteiger partial charge < -0.3 is 0 Å². The van der Waals surface area contributed by atoms with Crippen molar-refractivity contribution in [2.45, 2.75) is 5.66 Å². The molecule has 0 saturated carbocycles. The van der Waals surface area contributed by atoms with E-state index < -0.39 is 0 Å². The van der Waals surface area contributed by atoms with Gasteiger partial charge in [-0.05, 0) is 23.3 Å². The zero-order valence-electron chi connectivity index (χ0n) is 8.53. The molecule has 0 saturated heterocycles. The molecule has 2 rings (SSSR count). The van der Waals surface area contributed by atoms with E-state index in [2.05, 4.69) is 9.24 Å². The second-order valence-electron chi connectivity index (χ2n) is 3.52. The molecule has 82 valence electrons. The molecule has 0 nitrogen and oxygen atoms in total. The van der Waals surface area contributed by atoms with Crippen molar-refractivity contribution in [1.82, 2.24) is 0 Å². The summed E-state index contributed by atoms with van der Waals surface area (Å²) >= 11 is 12.3. The van der Waals surface area contributed by atoms with E-state index in [0.717, 1.165) is 21.2 Å². The molecule has 0 aliphatic heterocycles. The summed E-state index contributed by atoms with van der Waals surface area (Å²) in [4.78, 5) is 0. The Bertz CT molecular complexity index is 451. The number of rotatable bonds is 2. The van der Waals surface area contributed by atoms with Crippen LogP contribution in [0, 0.1) is 0 Å².